The molecule has 2 aromatic rings. The standard InChI is InChI=1S/C26H40FN7O/c1-4-21(22-11-8-14-28-22)31-26-33-24(29-16-17(2)18-9-6-5-7-10-18)32-25(34-26)30-19-12-13-23(35-3)20(27)15-19/h12-13,15,17-18,21-22,28H,4-11,14,16H2,1-3H3,(H3,29,30,31,32,33,34). The zero-order chi connectivity index (χ0) is 24.6. The van der Waals surface area contributed by atoms with Crippen LogP contribution in [0, 0.1) is 17.7 Å². The van der Waals surface area contributed by atoms with E-state index < -0.39 is 5.82 Å². The summed E-state index contributed by atoms with van der Waals surface area (Å²) in [6, 6.07) is 5.33. The average molecular weight is 486 g/mol. The number of halogens is 1. The number of nitrogens with zero attached hydrogens (tertiary/aromatic N) is 3. The molecule has 2 heterocycles. The van der Waals surface area contributed by atoms with E-state index >= 15 is 0 Å². The molecule has 1 aliphatic heterocycles. The minimum atomic E-state index is -0.442. The lowest BCUT2D eigenvalue weighted by Crippen LogP contribution is -2.40. The number of hydrogen-bond donors (Lipinski definition) is 4. The van der Waals surface area contributed by atoms with Crippen LogP contribution >= 0.6 is 0 Å². The van der Waals surface area contributed by atoms with E-state index in [1.807, 2.05) is 0 Å². The summed E-state index contributed by atoms with van der Waals surface area (Å²) in [5.74, 6) is 2.45. The van der Waals surface area contributed by atoms with Gasteiger partial charge < -0.3 is 26.0 Å². The summed E-state index contributed by atoms with van der Waals surface area (Å²) >= 11 is 0. The molecule has 1 aromatic heterocycles. The van der Waals surface area contributed by atoms with Crippen molar-refractivity contribution in [2.75, 3.05) is 36.1 Å². The highest BCUT2D eigenvalue weighted by Gasteiger charge is 2.25. The van der Waals surface area contributed by atoms with Crippen molar-refractivity contribution in [3.05, 3.63) is 24.0 Å². The Morgan fingerprint density at radius 2 is 1.83 bits per heavy atom. The SMILES string of the molecule is CCC(Nc1nc(NCC(C)C2CCCCC2)nc(Nc2ccc(OC)c(F)c2)n1)C1CCCN1. The summed E-state index contributed by atoms with van der Waals surface area (Å²) in [6.07, 6.45) is 9.89. The summed E-state index contributed by atoms with van der Waals surface area (Å²) in [5, 5.41) is 13.7. The fourth-order valence-electron chi connectivity index (χ4n) is 5.28. The molecule has 9 heteroatoms. The van der Waals surface area contributed by atoms with E-state index in [-0.39, 0.29) is 11.8 Å². The number of hydrogen-bond acceptors (Lipinski definition) is 8. The molecule has 0 spiro atoms. The number of rotatable bonds is 11. The van der Waals surface area contributed by atoms with Crippen LogP contribution in [0.15, 0.2) is 18.2 Å². The van der Waals surface area contributed by atoms with Gasteiger partial charge in [-0.15, -0.1) is 0 Å². The number of aromatic nitrogens is 3. The molecule has 1 aliphatic carbocycles. The van der Waals surface area contributed by atoms with Crippen LogP contribution in [0.2, 0.25) is 0 Å². The highest BCUT2D eigenvalue weighted by atomic mass is 19.1. The third-order valence-corrected chi connectivity index (χ3v) is 7.42. The second-order valence-corrected chi connectivity index (χ2v) is 9.90. The van der Waals surface area contributed by atoms with Crippen molar-refractivity contribution >= 4 is 23.5 Å². The number of anilines is 4. The molecule has 4 N–H and O–H groups in total. The van der Waals surface area contributed by atoms with Gasteiger partial charge in [-0.3, -0.25) is 0 Å². The summed E-state index contributed by atoms with van der Waals surface area (Å²) in [6.45, 7) is 6.33. The minimum absolute atomic E-state index is 0.197. The van der Waals surface area contributed by atoms with Gasteiger partial charge in [-0.2, -0.15) is 15.0 Å². The maximum Gasteiger partial charge on any atom is 0.233 e. The molecule has 1 aromatic carbocycles. The van der Waals surface area contributed by atoms with Crippen LogP contribution in [0.4, 0.5) is 27.9 Å². The predicted molar refractivity (Wildman–Crippen MR) is 139 cm³/mol. The van der Waals surface area contributed by atoms with Gasteiger partial charge >= 0.3 is 0 Å². The Hall–Kier alpha value is -2.68. The van der Waals surface area contributed by atoms with Gasteiger partial charge in [0.25, 0.3) is 0 Å². The van der Waals surface area contributed by atoms with Crippen LogP contribution < -0.4 is 26.0 Å². The van der Waals surface area contributed by atoms with Crippen molar-refractivity contribution in [2.24, 2.45) is 11.8 Å². The fourth-order valence-corrected chi connectivity index (χ4v) is 5.28. The molecule has 0 radical (unpaired) electrons. The van der Waals surface area contributed by atoms with Crippen LogP contribution in [-0.4, -0.2) is 47.2 Å². The molecule has 3 atom stereocenters. The zero-order valence-corrected chi connectivity index (χ0v) is 21.2. The van der Waals surface area contributed by atoms with Gasteiger partial charge in [-0.25, -0.2) is 4.39 Å². The second-order valence-electron chi connectivity index (χ2n) is 9.90. The maximum atomic E-state index is 14.2. The molecule has 3 unspecified atom stereocenters. The van der Waals surface area contributed by atoms with E-state index in [2.05, 4.69) is 50.1 Å². The molecule has 0 bridgehead atoms. The predicted octanol–water partition coefficient (Wildman–Crippen LogP) is 5.33. The molecule has 1 saturated heterocycles. The Balaban J connectivity index is 1.51. The molecule has 192 valence electrons. The lowest BCUT2D eigenvalue weighted by Gasteiger charge is -2.28. The average Bonchev–Trinajstić information content (AvgIpc) is 3.41. The maximum absolute atomic E-state index is 14.2. The highest BCUT2D eigenvalue weighted by Crippen LogP contribution is 2.30. The Morgan fingerprint density at radius 1 is 1.06 bits per heavy atom. The van der Waals surface area contributed by atoms with Gasteiger partial charge in [-0.05, 0) is 49.8 Å². The summed E-state index contributed by atoms with van der Waals surface area (Å²) in [5.41, 5.74) is 0.548. The summed E-state index contributed by atoms with van der Waals surface area (Å²) in [7, 11) is 1.45. The Bertz CT molecular complexity index is 947. The summed E-state index contributed by atoms with van der Waals surface area (Å²) in [4.78, 5) is 13.9. The molecule has 35 heavy (non-hydrogen) atoms. The van der Waals surface area contributed by atoms with Crippen LogP contribution in [0.5, 0.6) is 5.75 Å². The van der Waals surface area contributed by atoms with Crippen LogP contribution in [0.1, 0.15) is 65.2 Å². The summed E-state index contributed by atoms with van der Waals surface area (Å²) < 4.78 is 19.3. The Kier molecular flexibility index (Phi) is 8.95. The lowest BCUT2D eigenvalue weighted by molar-refractivity contribution is 0.272. The molecule has 0 amide bonds. The minimum Gasteiger partial charge on any atom is -0.494 e. The van der Waals surface area contributed by atoms with Crippen molar-refractivity contribution in [3.63, 3.8) is 0 Å². The number of methoxy groups -OCH3 is 1. The molecule has 4 rings (SSSR count). The Labute approximate surface area is 208 Å². The number of ether oxygens (including phenoxy) is 1. The van der Waals surface area contributed by atoms with Crippen LogP contribution in [0.3, 0.4) is 0 Å². The van der Waals surface area contributed by atoms with Gasteiger partial charge in [0.1, 0.15) is 0 Å². The third-order valence-electron chi connectivity index (χ3n) is 7.42. The van der Waals surface area contributed by atoms with Gasteiger partial charge in [0.15, 0.2) is 11.6 Å². The van der Waals surface area contributed by atoms with Crippen molar-refractivity contribution in [1.29, 1.82) is 0 Å². The first-order valence-corrected chi connectivity index (χ1v) is 13.2. The van der Waals surface area contributed by atoms with E-state index in [0.29, 0.717) is 35.5 Å². The van der Waals surface area contributed by atoms with E-state index in [1.54, 1.807) is 12.1 Å². The first-order chi connectivity index (χ1) is 17.1. The van der Waals surface area contributed by atoms with Crippen molar-refractivity contribution in [2.45, 2.75) is 77.3 Å². The van der Waals surface area contributed by atoms with Gasteiger partial charge in [0.05, 0.1) is 7.11 Å². The monoisotopic (exact) mass is 485 g/mol. The van der Waals surface area contributed by atoms with E-state index in [4.69, 9.17) is 4.74 Å². The smallest absolute Gasteiger partial charge is 0.233 e. The van der Waals surface area contributed by atoms with Crippen molar-refractivity contribution in [3.8, 4) is 5.75 Å². The fraction of sp³-hybridized carbons (Fsp3) is 0.654. The second kappa shape index (κ2) is 12.3. The highest BCUT2D eigenvalue weighted by molar-refractivity contribution is 5.57. The first kappa shape index (κ1) is 25.4. The number of benzene rings is 1. The molecule has 8 nitrogen and oxygen atoms in total. The van der Waals surface area contributed by atoms with Crippen molar-refractivity contribution < 1.29 is 9.13 Å². The van der Waals surface area contributed by atoms with Crippen LogP contribution in [0.25, 0.3) is 0 Å². The van der Waals surface area contributed by atoms with E-state index in [9.17, 15) is 4.39 Å². The normalized spacial score (nSPS) is 20.3. The van der Waals surface area contributed by atoms with Gasteiger partial charge in [0.2, 0.25) is 17.8 Å². The molecule has 1 saturated carbocycles. The Morgan fingerprint density at radius 3 is 2.51 bits per heavy atom. The van der Waals surface area contributed by atoms with E-state index in [0.717, 1.165) is 31.8 Å². The van der Waals surface area contributed by atoms with Gasteiger partial charge in [0, 0.05) is 30.4 Å². The number of nitrogens with one attached hydrogen (secondary N) is 4. The zero-order valence-electron chi connectivity index (χ0n) is 21.2. The van der Waals surface area contributed by atoms with E-state index in [1.165, 1.54) is 51.7 Å². The first-order valence-electron chi connectivity index (χ1n) is 13.2. The molecule has 2 aliphatic rings. The quantitative estimate of drug-likeness (QED) is 0.339. The lowest BCUT2D eigenvalue weighted by atomic mass is 9.81. The molecular weight excluding hydrogens is 445 g/mol. The molecule has 2 fully saturated rings. The third kappa shape index (κ3) is 6.93. The van der Waals surface area contributed by atoms with Gasteiger partial charge in [-0.1, -0.05) is 46.0 Å². The van der Waals surface area contributed by atoms with Crippen LogP contribution in [-0.2, 0) is 0 Å². The largest absolute Gasteiger partial charge is 0.494 e. The topological polar surface area (TPSA) is 96.0 Å². The van der Waals surface area contributed by atoms with Crippen molar-refractivity contribution in [1.82, 2.24) is 20.3 Å². The molecular formula is C26H40FN7O.